The fraction of sp³-hybridized carbons (Fsp3) is 0.316. The summed E-state index contributed by atoms with van der Waals surface area (Å²) < 4.78 is 0. The highest BCUT2D eigenvalue weighted by Gasteiger charge is 2.19. The predicted octanol–water partition coefficient (Wildman–Crippen LogP) is 4.67. The number of nitrogens with zero attached hydrogens (tertiary/aromatic N) is 2. The Labute approximate surface area is 156 Å². The van der Waals surface area contributed by atoms with Gasteiger partial charge in [-0.2, -0.15) is 0 Å². The van der Waals surface area contributed by atoms with E-state index < -0.39 is 0 Å². The monoisotopic (exact) mass is 371 g/mol. The Hall–Kier alpha value is -1.92. The minimum absolute atomic E-state index is 0.0470. The second-order valence-corrected chi connectivity index (χ2v) is 8.11. The molecule has 2 heterocycles. The molecule has 0 aliphatic rings. The van der Waals surface area contributed by atoms with Crippen LogP contribution in [-0.4, -0.2) is 27.7 Å². The minimum Gasteiger partial charge on any atom is -0.355 e. The summed E-state index contributed by atoms with van der Waals surface area (Å²) in [5.74, 6) is 0.0470. The van der Waals surface area contributed by atoms with Crippen LogP contribution in [0.3, 0.4) is 0 Å². The van der Waals surface area contributed by atoms with Crippen LogP contribution < -0.4 is 5.32 Å². The third-order valence-electron chi connectivity index (χ3n) is 3.90. The van der Waals surface area contributed by atoms with Crippen LogP contribution in [0, 0.1) is 6.92 Å². The van der Waals surface area contributed by atoms with Crippen molar-refractivity contribution in [3.05, 3.63) is 41.5 Å². The molecule has 1 amide bonds. The molecule has 0 bridgehead atoms. The molecule has 1 atom stereocenters. The summed E-state index contributed by atoms with van der Waals surface area (Å²) in [6.07, 6.45) is 2.51. The first-order valence-electron chi connectivity index (χ1n) is 8.33. The topological polar surface area (TPSA) is 54.9 Å². The van der Waals surface area contributed by atoms with E-state index in [0.29, 0.717) is 6.54 Å². The van der Waals surface area contributed by atoms with Crippen molar-refractivity contribution in [1.82, 2.24) is 15.3 Å². The number of aromatic nitrogens is 2. The number of rotatable bonds is 6. The Morgan fingerprint density at radius 3 is 2.76 bits per heavy atom. The number of aryl methyl sites for hydroxylation is 1. The van der Waals surface area contributed by atoms with E-state index in [1.807, 2.05) is 13.8 Å². The van der Waals surface area contributed by atoms with Crippen molar-refractivity contribution >= 4 is 39.2 Å². The normalized spacial score (nSPS) is 12.3. The van der Waals surface area contributed by atoms with E-state index in [2.05, 4.69) is 51.9 Å². The summed E-state index contributed by atoms with van der Waals surface area (Å²) in [7, 11) is 0. The lowest BCUT2D eigenvalue weighted by Gasteiger charge is -2.12. The van der Waals surface area contributed by atoms with Crippen LogP contribution in [0.4, 0.5) is 0 Å². The summed E-state index contributed by atoms with van der Waals surface area (Å²) in [5, 5.41) is 6.77. The summed E-state index contributed by atoms with van der Waals surface area (Å²) >= 11 is 3.10. The van der Waals surface area contributed by atoms with E-state index in [4.69, 9.17) is 0 Å². The molecule has 130 valence electrons. The molecule has 0 saturated heterocycles. The Balaban J connectivity index is 1.94. The van der Waals surface area contributed by atoms with Crippen molar-refractivity contribution in [3.63, 3.8) is 0 Å². The number of carbonyl (C=O) groups is 1. The zero-order valence-corrected chi connectivity index (χ0v) is 16.2. The van der Waals surface area contributed by atoms with E-state index >= 15 is 0 Å². The van der Waals surface area contributed by atoms with Crippen LogP contribution in [-0.2, 0) is 4.79 Å². The van der Waals surface area contributed by atoms with Gasteiger partial charge in [-0.1, -0.05) is 48.5 Å². The van der Waals surface area contributed by atoms with Crippen LogP contribution in [0.2, 0.25) is 0 Å². The van der Waals surface area contributed by atoms with Crippen molar-refractivity contribution in [2.24, 2.45) is 0 Å². The number of carbonyl (C=O) groups excluding carboxylic acids is 1. The van der Waals surface area contributed by atoms with Crippen LogP contribution in [0.1, 0.15) is 25.8 Å². The van der Waals surface area contributed by atoms with Gasteiger partial charge in [0, 0.05) is 17.5 Å². The van der Waals surface area contributed by atoms with Gasteiger partial charge in [0.25, 0.3) is 0 Å². The van der Waals surface area contributed by atoms with Crippen LogP contribution in [0.25, 0.3) is 21.3 Å². The van der Waals surface area contributed by atoms with Gasteiger partial charge in [0.05, 0.1) is 10.6 Å². The second kappa shape index (κ2) is 7.97. The standard InChI is InChI=1S/C19H21N3OS2/c1-4-9-20-17(23)13(3)25-19-16-15(10-24-18(16)21-11-22-19)14-7-5-12(2)6-8-14/h5-8,10-11,13H,4,9H2,1-3H3,(H,20,23)/t13-/m0/s1. The molecule has 0 fully saturated rings. The van der Waals surface area contributed by atoms with Gasteiger partial charge < -0.3 is 5.32 Å². The molecule has 0 saturated carbocycles. The number of fused-ring (bicyclic) bond motifs is 1. The Morgan fingerprint density at radius 2 is 2.04 bits per heavy atom. The number of hydrogen-bond donors (Lipinski definition) is 1. The molecule has 0 aliphatic heterocycles. The molecule has 3 rings (SSSR count). The molecule has 0 unspecified atom stereocenters. The van der Waals surface area contributed by atoms with Crippen molar-refractivity contribution < 1.29 is 4.79 Å². The number of nitrogens with one attached hydrogen (secondary N) is 1. The Bertz CT molecular complexity index is 874. The van der Waals surface area contributed by atoms with Gasteiger partial charge >= 0.3 is 0 Å². The third-order valence-corrected chi connectivity index (χ3v) is 5.89. The first-order chi connectivity index (χ1) is 12.1. The fourth-order valence-electron chi connectivity index (χ4n) is 2.50. The highest BCUT2D eigenvalue weighted by atomic mass is 32.2. The Kier molecular flexibility index (Phi) is 5.71. The average Bonchev–Trinajstić information content (AvgIpc) is 3.05. The van der Waals surface area contributed by atoms with E-state index in [1.165, 1.54) is 17.3 Å². The first-order valence-corrected chi connectivity index (χ1v) is 10.1. The van der Waals surface area contributed by atoms with Crippen molar-refractivity contribution in [1.29, 1.82) is 0 Å². The number of amides is 1. The number of benzene rings is 1. The van der Waals surface area contributed by atoms with Crippen LogP contribution in [0.5, 0.6) is 0 Å². The third kappa shape index (κ3) is 4.02. The van der Waals surface area contributed by atoms with Gasteiger partial charge in [-0.25, -0.2) is 9.97 Å². The minimum atomic E-state index is -0.199. The van der Waals surface area contributed by atoms with E-state index in [9.17, 15) is 4.79 Å². The molecule has 25 heavy (non-hydrogen) atoms. The van der Waals surface area contributed by atoms with E-state index in [0.717, 1.165) is 32.8 Å². The quantitative estimate of drug-likeness (QED) is 0.505. The van der Waals surface area contributed by atoms with Crippen LogP contribution >= 0.6 is 23.1 Å². The molecular weight excluding hydrogens is 350 g/mol. The molecule has 1 N–H and O–H groups in total. The highest BCUT2D eigenvalue weighted by molar-refractivity contribution is 8.00. The maximum atomic E-state index is 12.2. The van der Waals surface area contributed by atoms with Crippen molar-refractivity contribution in [2.75, 3.05) is 6.54 Å². The number of thiophene rings is 1. The zero-order valence-electron chi connectivity index (χ0n) is 14.6. The number of hydrogen-bond acceptors (Lipinski definition) is 5. The summed E-state index contributed by atoms with van der Waals surface area (Å²) in [6.45, 7) is 6.75. The maximum Gasteiger partial charge on any atom is 0.233 e. The molecular formula is C19H21N3OS2. The molecule has 3 aromatic rings. The molecule has 1 aromatic carbocycles. The van der Waals surface area contributed by atoms with Gasteiger partial charge in [0.1, 0.15) is 16.2 Å². The molecule has 4 nitrogen and oxygen atoms in total. The van der Waals surface area contributed by atoms with E-state index in [-0.39, 0.29) is 11.2 Å². The summed E-state index contributed by atoms with van der Waals surface area (Å²) in [6, 6.07) is 8.46. The van der Waals surface area contributed by atoms with Gasteiger partial charge in [-0.3, -0.25) is 4.79 Å². The van der Waals surface area contributed by atoms with Crippen molar-refractivity contribution in [3.8, 4) is 11.1 Å². The molecule has 6 heteroatoms. The average molecular weight is 372 g/mol. The second-order valence-electron chi connectivity index (χ2n) is 5.93. The first kappa shape index (κ1) is 17.9. The van der Waals surface area contributed by atoms with Gasteiger partial charge in [0.15, 0.2) is 0 Å². The van der Waals surface area contributed by atoms with Crippen LogP contribution in [0.15, 0.2) is 41.0 Å². The maximum absolute atomic E-state index is 12.2. The lowest BCUT2D eigenvalue weighted by atomic mass is 10.1. The summed E-state index contributed by atoms with van der Waals surface area (Å²) in [5.41, 5.74) is 3.51. The molecule has 0 aliphatic carbocycles. The lowest BCUT2D eigenvalue weighted by Crippen LogP contribution is -2.31. The molecule has 0 radical (unpaired) electrons. The lowest BCUT2D eigenvalue weighted by molar-refractivity contribution is -0.120. The summed E-state index contributed by atoms with van der Waals surface area (Å²) in [4.78, 5) is 22.0. The van der Waals surface area contributed by atoms with Crippen molar-refractivity contribution in [2.45, 2.75) is 37.5 Å². The fourth-order valence-corrected chi connectivity index (χ4v) is 4.43. The largest absolute Gasteiger partial charge is 0.355 e. The van der Waals surface area contributed by atoms with Gasteiger partial charge in [-0.15, -0.1) is 11.3 Å². The zero-order chi connectivity index (χ0) is 17.8. The molecule has 2 aromatic heterocycles. The predicted molar refractivity (Wildman–Crippen MR) is 106 cm³/mol. The smallest absolute Gasteiger partial charge is 0.233 e. The SMILES string of the molecule is CCCNC(=O)[C@H](C)Sc1ncnc2scc(-c3ccc(C)cc3)c12. The van der Waals surface area contributed by atoms with Gasteiger partial charge in [-0.05, 0) is 25.8 Å². The highest BCUT2D eigenvalue weighted by Crippen LogP contribution is 2.38. The molecule has 0 spiro atoms. The van der Waals surface area contributed by atoms with Gasteiger partial charge in [0.2, 0.25) is 5.91 Å². The number of thioether (sulfide) groups is 1. The Morgan fingerprint density at radius 1 is 1.28 bits per heavy atom. The van der Waals surface area contributed by atoms with E-state index in [1.54, 1.807) is 17.7 Å².